The first-order valence-corrected chi connectivity index (χ1v) is 10.3. The smallest absolute Gasteiger partial charge is 0.251 e. The summed E-state index contributed by atoms with van der Waals surface area (Å²) in [6, 6.07) is 5.39. The molecule has 1 amide bonds. The molecule has 0 bridgehead atoms. The highest BCUT2D eigenvalue weighted by atomic mass is 32.2. The Morgan fingerprint density at radius 1 is 1.21 bits per heavy atom. The van der Waals surface area contributed by atoms with Crippen LogP contribution >= 0.6 is 0 Å². The average Bonchev–Trinajstić information content (AvgIpc) is 3.18. The van der Waals surface area contributed by atoms with Gasteiger partial charge in [-0.25, -0.2) is 8.42 Å². The van der Waals surface area contributed by atoms with Crippen molar-refractivity contribution in [1.82, 2.24) is 0 Å². The Labute approximate surface area is 141 Å². The van der Waals surface area contributed by atoms with Crippen molar-refractivity contribution in [3.8, 4) is 11.5 Å². The number of ether oxygens (including phenoxy) is 2. The van der Waals surface area contributed by atoms with Gasteiger partial charge in [0.2, 0.25) is 5.91 Å². The van der Waals surface area contributed by atoms with Crippen LogP contribution in [0.15, 0.2) is 18.2 Å². The Hall–Kier alpha value is -1.76. The van der Waals surface area contributed by atoms with E-state index in [1.165, 1.54) is 0 Å². The topological polar surface area (TPSA) is 81.7 Å². The van der Waals surface area contributed by atoms with Crippen LogP contribution in [0.3, 0.4) is 0 Å². The number of sulfone groups is 1. The predicted molar refractivity (Wildman–Crippen MR) is 88.9 cm³/mol. The molecule has 1 unspecified atom stereocenters. The average molecular weight is 351 g/mol. The van der Waals surface area contributed by atoms with Crippen molar-refractivity contribution in [2.24, 2.45) is 5.92 Å². The van der Waals surface area contributed by atoms with Crippen molar-refractivity contribution in [1.29, 1.82) is 0 Å². The quantitative estimate of drug-likeness (QED) is 0.905. The highest BCUT2D eigenvalue weighted by molar-refractivity contribution is 7.91. The SMILES string of the molecule is O=C(CC1CCS(=O)(=O)C1)Nc1ccc2c(c1)OC1(CCCC1)O2. The Bertz CT molecular complexity index is 767. The maximum Gasteiger partial charge on any atom is 0.251 e. The molecular formula is C17H21NO5S. The summed E-state index contributed by atoms with van der Waals surface area (Å²) in [6.07, 6.45) is 4.78. The molecular weight excluding hydrogens is 330 g/mol. The molecule has 2 heterocycles. The maximum absolute atomic E-state index is 12.2. The predicted octanol–water partition coefficient (Wildman–Crippen LogP) is 2.49. The monoisotopic (exact) mass is 351 g/mol. The molecule has 7 heteroatoms. The third-order valence-corrected chi connectivity index (χ3v) is 6.82. The van der Waals surface area contributed by atoms with Crippen LogP contribution in [0.4, 0.5) is 5.69 Å². The number of nitrogens with one attached hydrogen (secondary N) is 1. The lowest BCUT2D eigenvalue weighted by Gasteiger charge is -2.21. The minimum atomic E-state index is -2.95. The molecule has 1 saturated heterocycles. The van der Waals surface area contributed by atoms with E-state index in [1.54, 1.807) is 12.1 Å². The van der Waals surface area contributed by atoms with Crippen LogP contribution in [-0.4, -0.2) is 31.6 Å². The van der Waals surface area contributed by atoms with Crippen molar-refractivity contribution in [3.63, 3.8) is 0 Å². The number of benzene rings is 1. The van der Waals surface area contributed by atoms with Gasteiger partial charge in [0.1, 0.15) is 0 Å². The first-order chi connectivity index (χ1) is 11.4. The number of amides is 1. The van der Waals surface area contributed by atoms with Crippen molar-refractivity contribution in [2.45, 2.75) is 44.3 Å². The second kappa shape index (κ2) is 5.65. The fourth-order valence-electron chi connectivity index (χ4n) is 3.80. The summed E-state index contributed by atoms with van der Waals surface area (Å²) < 4.78 is 34.9. The number of hydrogen-bond donors (Lipinski definition) is 1. The van der Waals surface area contributed by atoms with Crippen LogP contribution in [0.25, 0.3) is 0 Å². The van der Waals surface area contributed by atoms with Crippen LogP contribution in [-0.2, 0) is 14.6 Å². The Kier molecular flexibility index (Phi) is 3.71. The second-order valence-electron chi connectivity index (χ2n) is 7.00. The van der Waals surface area contributed by atoms with Crippen molar-refractivity contribution in [3.05, 3.63) is 18.2 Å². The minimum absolute atomic E-state index is 0.0780. The number of carbonyl (C=O) groups excluding carboxylic acids is 1. The van der Waals surface area contributed by atoms with Crippen molar-refractivity contribution in [2.75, 3.05) is 16.8 Å². The number of hydrogen-bond acceptors (Lipinski definition) is 5. The van der Waals surface area contributed by atoms with E-state index >= 15 is 0 Å². The maximum atomic E-state index is 12.2. The molecule has 130 valence electrons. The molecule has 1 atom stereocenters. The molecule has 4 rings (SSSR count). The highest BCUT2D eigenvalue weighted by Gasteiger charge is 2.44. The summed E-state index contributed by atoms with van der Waals surface area (Å²) in [6.45, 7) is 0. The van der Waals surface area contributed by atoms with Gasteiger partial charge in [0.15, 0.2) is 21.3 Å². The molecule has 1 aliphatic carbocycles. The van der Waals surface area contributed by atoms with Gasteiger partial charge >= 0.3 is 0 Å². The zero-order valence-electron chi connectivity index (χ0n) is 13.4. The van der Waals surface area contributed by atoms with E-state index in [0.717, 1.165) is 31.4 Å². The van der Waals surface area contributed by atoms with E-state index in [-0.39, 0.29) is 29.8 Å². The Balaban J connectivity index is 1.39. The van der Waals surface area contributed by atoms with Crippen molar-refractivity contribution >= 4 is 21.4 Å². The van der Waals surface area contributed by atoms with Crippen LogP contribution in [0.1, 0.15) is 38.5 Å². The molecule has 1 aromatic carbocycles. The summed E-state index contributed by atoms with van der Waals surface area (Å²) in [7, 11) is -2.95. The van der Waals surface area contributed by atoms with Gasteiger partial charge in [0.25, 0.3) is 5.79 Å². The van der Waals surface area contributed by atoms with Gasteiger partial charge in [0, 0.05) is 31.0 Å². The molecule has 0 radical (unpaired) electrons. The number of rotatable bonds is 3. The Morgan fingerprint density at radius 2 is 1.96 bits per heavy atom. The van der Waals surface area contributed by atoms with Gasteiger partial charge in [0.05, 0.1) is 11.5 Å². The minimum Gasteiger partial charge on any atom is -0.448 e. The molecule has 1 spiro atoms. The van der Waals surface area contributed by atoms with E-state index < -0.39 is 15.6 Å². The van der Waals surface area contributed by atoms with E-state index in [9.17, 15) is 13.2 Å². The third kappa shape index (κ3) is 3.09. The van der Waals surface area contributed by atoms with E-state index in [4.69, 9.17) is 9.47 Å². The van der Waals surface area contributed by atoms with Crippen LogP contribution in [0, 0.1) is 5.92 Å². The largest absolute Gasteiger partial charge is 0.448 e. The number of anilines is 1. The molecule has 3 aliphatic rings. The standard InChI is InChI=1S/C17H21NO5S/c19-16(9-12-5-8-24(20,21)11-12)18-13-3-4-14-15(10-13)23-17(22-14)6-1-2-7-17/h3-4,10,12H,1-2,5-9,11H2,(H,18,19). The number of fused-ring (bicyclic) bond motifs is 1. The van der Waals surface area contributed by atoms with Gasteiger partial charge in [-0.2, -0.15) is 0 Å². The van der Waals surface area contributed by atoms with Gasteiger partial charge in [-0.05, 0) is 37.3 Å². The van der Waals surface area contributed by atoms with Gasteiger partial charge in [-0.1, -0.05) is 0 Å². The summed E-state index contributed by atoms with van der Waals surface area (Å²) in [4.78, 5) is 12.2. The lowest BCUT2D eigenvalue weighted by Crippen LogP contribution is -2.34. The number of carbonyl (C=O) groups is 1. The molecule has 0 aromatic heterocycles. The molecule has 1 N–H and O–H groups in total. The van der Waals surface area contributed by atoms with Gasteiger partial charge in [-0.15, -0.1) is 0 Å². The van der Waals surface area contributed by atoms with Crippen molar-refractivity contribution < 1.29 is 22.7 Å². The lowest BCUT2D eigenvalue weighted by atomic mass is 10.1. The molecule has 1 aromatic rings. The second-order valence-corrected chi connectivity index (χ2v) is 9.23. The zero-order valence-corrected chi connectivity index (χ0v) is 14.2. The van der Waals surface area contributed by atoms with E-state index in [2.05, 4.69) is 5.32 Å². The fourth-order valence-corrected chi connectivity index (χ4v) is 5.66. The summed E-state index contributed by atoms with van der Waals surface area (Å²) in [5.74, 6) is 0.942. The molecule has 2 aliphatic heterocycles. The summed E-state index contributed by atoms with van der Waals surface area (Å²) in [5.41, 5.74) is 0.651. The summed E-state index contributed by atoms with van der Waals surface area (Å²) >= 11 is 0. The van der Waals surface area contributed by atoms with E-state index in [1.807, 2.05) is 6.07 Å². The Morgan fingerprint density at radius 3 is 2.67 bits per heavy atom. The van der Waals surface area contributed by atoms with Crippen LogP contribution < -0.4 is 14.8 Å². The molecule has 6 nitrogen and oxygen atoms in total. The van der Waals surface area contributed by atoms with E-state index in [0.29, 0.717) is 17.9 Å². The van der Waals surface area contributed by atoms with Crippen LogP contribution in [0.5, 0.6) is 11.5 Å². The third-order valence-electron chi connectivity index (χ3n) is 4.99. The summed E-state index contributed by atoms with van der Waals surface area (Å²) in [5, 5.41) is 2.84. The first kappa shape index (κ1) is 15.7. The van der Waals surface area contributed by atoms with Crippen LogP contribution in [0.2, 0.25) is 0 Å². The molecule has 2 fully saturated rings. The molecule has 1 saturated carbocycles. The van der Waals surface area contributed by atoms with Gasteiger partial charge < -0.3 is 14.8 Å². The zero-order chi connectivity index (χ0) is 16.8. The fraction of sp³-hybridized carbons (Fsp3) is 0.588. The van der Waals surface area contributed by atoms with Gasteiger partial charge in [-0.3, -0.25) is 4.79 Å². The first-order valence-electron chi connectivity index (χ1n) is 8.45. The molecule has 24 heavy (non-hydrogen) atoms. The lowest BCUT2D eigenvalue weighted by molar-refractivity contribution is -0.116. The highest BCUT2D eigenvalue weighted by Crippen LogP contribution is 2.47. The normalized spacial score (nSPS) is 25.9.